The zero-order valence-corrected chi connectivity index (χ0v) is 12.9. The maximum Gasteiger partial charge on any atom is 0.534 e. The molecule has 0 aromatic carbocycles. The van der Waals surface area contributed by atoms with E-state index in [0.29, 0.717) is 12.8 Å². The Labute approximate surface area is 127 Å². The van der Waals surface area contributed by atoms with Crippen LogP contribution in [0.15, 0.2) is 24.2 Å². The van der Waals surface area contributed by atoms with E-state index < -0.39 is 27.0 Å². The summed E-state index contributed by atoms with van der Waals surface area (Å²) in [7, 11) is -4.29. The highest BCUT2D eigenvalue weighted by atomic mass is 32.2. The third-order valence-corrected chi connectivity index (χ3v) is 4.39. The van der Waals surface area contributed by atoms with Crippen LogP contribution in [0.3, 0.4) is 0 Å². The van der Waals surface area contributed by atoms with Crippen molar-refractivity contribution in [1.82, 2.24) is 0 Å². The van der Waals surface area contributed by atoms with Gasteiger partial charge in [0, 0.05) is 11.8 Å². The molecule has 0 saturated heterocycles. The molecule has 22 heavy (non-hydrogen) atoms. The summed E-state index contributed by atoms with van der Waals surface area (Å²) in [5.74, 6) is -0.975. The van der Waals surface area contributed by atoms with E-state index in [1.54, 1.807) is 6.92 Å². The van der Waals surface area contributed by atoms with Gasteiger partial charge in [0.2, 0.25) is 0 Å². The van der Waals surface area contributed by atoms with Crippen molar-refractivity contribution in [2.24, 2.45) is 11.3 Å². The van der Waals surface area contributed by atoms with Gasteiger partial charge in [0.25, 0.3) is 0 Å². The van der Waals surface area contributed by atoms with Crippen LogP contribution in [0.4, 0.5) is 13.2 Å². The molecular weight excluding hydrogens is 323 g/mol. The van der Waals surface area contributed by atoms with Crippen molar-refractivity contribution in [3.05, 3.63) is 24.2 Å². The molecule has 0 fully saturated rings. The van der Waals surface area contributed by atoms with Crippen molar-refractivity contribution in [2.45, 2.75) is 31.7 Å². The third-order valence-electron chi connectivity index (χ3n) is 3.39. The van der Waals surface area contributed by atoms with Crippen LogP contribution in [0.2, 0.25) is 0 Å². The molecule has 0 aromatic heterocycles. The third kappa shape index (κ3) is 4.16. The Bertz CT molecular complexity index is 604. The number of ether oxygens (including phenoxy) is 1. The minimum absolute atomic E-state index is 0.0665. The molecule has 9 heteroatoms. The topological polar surface area (TPSA) is 76.4 Å². The smallest absolute Gasteiger partial charge is 0.505 e. The zero-order chi connectivity index (χ0) is 17.0. The molecule has 0 saturated carbocycles. The van der Waals surface area contributed by atoms with Gasteiger partial charge < -0.3 is 8.92 Å². The highest BCUT2D eigenvalue weighted by Crippen LogP contribution is 2.42. The molecule has 2 atom stereocenters. The quantitative estimate of drug-likeness (QED) is 0.437. The molecule has 0 radical (unpaired) electrons. The van der Waals surface area contributed by atoms with Crippen LogP contribution in [0.5, 0.6) is 0 Å². The summed E-state index contributed by atoms with van der Waals surface area (Å²) in [6, 6.07) is 2.02. The van der Waals surface area contributed by atoms with Gasteiger partial charge in [-0.3, -0.25) is 0 Å². The SMILES string of the molecule is CO/C=C/[C@@H](C#N)[C@@]1(C)C=C(OS(=O)(=O)C(F)(F)F)CCC1. The minimum Gasteiger partial charge on any atom is -0.505 e. The standard InChI is InChI=1S/C13H16F3NO4S/c1-12(10(9-17)5-7-20-2)6-3-4-11(8-12)21-22(18,19)13(14,15)16/h5,7-8,10H,3-4,6H2,1-2H3/b7-5+/t10-,12+/m0/s1. The number of hydrogen-bond donors (Lipinski definition) is 0. The van der Waals surface area contributed by atoms with Crippen molar-refractivity contribution in [3.63, 3.8) is 0 Å². The van der Waals surface area contributed by atoms with Crippen molar-refractivity contribution in [1.29, 1.82) is 5.26 Å². The van der Waals surface area contributed by atoms with E-state index in [1.807, 2.05) is 6.07 Å². The molecule has 0 aromatic rings. The summed E-state index contributed by atoms with van der Waals surface area (Å²) in [5.41, 5.74) is -6.31. The summed E-state index contributed by atoms with van der Waals surface area (Å²) < 4.78 is 68.1. The highest BCUT2D eigenvalue weighted by molar-refractivity contribution is 7.87. The van der Waals surface area contributed by atoms with Crippen molar-refractivity contribution in [2.75, 3.05) is 7.11 Å². The first-order valence-corrected chi connectivity index (χ1v) is 7.78. The van der Waals surface area contributed by atoms with Gasteiger partial charge in [-0.1, -0.05) is 6.92 Å². The zero-order valence-electron chi connectivity index (χ0n) is 12.1. The summed E-state index contributed by atoms with van der Waals surface area (Å²) in [6.45, 7) is 1.66. The molecule has 0 unspecified atom stereocenters. The van der Waals surface area contributed by atoms with E-state index in [-0.39, 0.29) is 12.2 Å². The summed E-state index contributed by atoms with van der Waals surface area (Å²) in [4.78, 5) is 0. The Morgan fingerprint density at radius 3 is 2.64 bits per heavy atom. The fourth-order valence-corrected chi connectivity index (χ4v) is 2.73. The summed E-state index contributed by atoms with van der Waals surface area (Å²) in [6.07, 6.45) is 5.05. The van der Waals surface area contributed by atoms with E-state index in [4.69, 9.17) is 4.74 Å². The van der Waals surface area contributed by atoms with Crippen LogP contribution < -0.4 is 0 Å². The molecule has 1 aliphatic carbocycles. The van der Waals surface area contributed by atoms with Crippen LogP contribution in [0.1, 0.15) is 26.2 Å². The van der Waals surface area contributed by atoms with Gasteiger partial charge in [-0.25, -0.2) is 0 Å². The molecule has 0 amide bonds. The fourth-order valence-electron chi connectivity index (χ4n) is 2.22. The lowest BCUT2D eigenvalue weighted by Crippen LogP contribution is -2.29. The Balaban J connectivity index is 3.07. The molecule has 0 N–H and O–H groups in total. The maximum absolute atomic E-state index is 12.4. The molecular formula is C13H16F3NO4S. The molecule has 1 rings (SSSR count). The molecule has 0 aliphatic heterocycles. The van der Waals surface area contributed by atoms with Crippen molar-refractivity contribution in [3.8, 4) is 6.07 Å². The second-order valence-electron chi connectivity index (χ2n) is 5.12. The highest BCUT2D eigenvalue weighted by Gasteiger charge is 2.49. The van der Waals surface area contributed by atoms with E-state index in [9.17, 15) is 26.9 Å². The Kier molecular flexibility index (Phi) is 5.51. The number of alkyl halides is 3. The van der Waals surface area contributed by atoms with Gasteiger partial charge in [0.05, 0.1) is 25.4 Å². The summed E-state index contributed by atoms with van der Waals surface area (Å²) in [5, 5.41) is 9.19. The van der Waals surface area contributed by atoms with E-state index >= 15 is 0 Å². The Morgan fingerprint density at radius 1 is 1.50 bits per heavy atom. The van der Waals surface area contributed by atoms with Gasteiger partial charge in [0.1, 0.15) is 5.76 Å². The lowest BCUT2D eigenvalue weighted by atomic mass is 9.71. The molecule has 124 valence electrons. The lowest BCUT2D eigenvalue weighted by Gasteiger charge is -2.33. The van der Waals surface area contributed by atoms with Crippen molar-refractivity contribution < 1.29 is 30.5 Å². The fraction of sp³-hybridized carbons (Fsp3) is 0.615. The van der Waals surface area contributed by atoms with Gasteiger partial charge in [-0.2, -0.15) is 26.9 Å². The van der Waals surface area contributed by atoms with Gasteiger partial charge in [-0.15, -0.1) is 0 Å². The number of nitrogens with zero attached hydrogens (tertiary/aromatic N) is 1. The predicted octanol–water partition coefficient (Wildman–Crippen LogP) is 3.23. The largest absolute Gasteiger partial charge is 0.534 e. The van der Waals surface area contributed by atoms with E-state index in [1.165, 1.54) is 25.5 Å². The van der Waals surface area contributed by atoms with E-state index in [0.717, 1.165) is 0 Å². The lowest BCUT2D eigenvalue weighted by molar-refractivity contribution is -0.0525. The predicted molar refractivity (Wildman–Crippen MR) is 71.4 cm³/mol. The van der Waals surface area contributed by atoms with E-state index in [2.05, 4.69) is 4.18 Å². The second-order valence-corrected chi connectivity index (χ2v) is 6.66. The first-order chi connectivity index (χ1) is 10.1. The average molecular weight is 339 g/mol. The number of halogens is 3. The monoisotopic (exact) mass is 339 g/mol. The molecule has 1 aliphatic rings. The molecule has 0 heterocycles. The van der Waals surface area contributed by atoms with Gasteiger partial charge in [0.15, 0.2) is 0 Å². The Morgan fingerprint density at radius 2 is 2.14 bits per heavy atom. The van der Waals surface area contributed by atoms with Crippen molar-refractivity contribution >= 4 is 10.1 Å². The minimum atomic E-state index is -5.69. The normalized spacial score (nSPS) is 24.5. The first kappa shape index (κ1) is 18.4. The first-order valence-electron chi connectivity index (χ1n) is 6.37. The van der Waals surface area contributed by atoms with Gasteiger partial charge >= 0.3 is 15.6 Å². The van der Waals surface area contributed by atoms with Crippen LogP contribution in [-0.2, 0) is 19.0 Å². The molecule has 0 bridgehead atoms. The molecule has 5 nitrogen and oxygen atoms in total. The number of nitriles is 1. The maximum atomic E-state index is 12.4. The second kappa shape index (κ2) is 6.60. The Hall–Kier alpha value is -1.69. The van der Waals surface area contributed by atoms with Gasteiger partial charge in [-0.05, 0) is 25.0 Å². The van der Waals surface area contributed by atoms with Crippen LogP contribution in [-0.4, -0.2) is 21.0 Å². The number of hydrogen-bond acceptors (Lipinski definition) is 5. The summed E-state index contributed by atoms with van der Waals surface area (Å²) >= 11 is 0. The van der Waals surface area contributed by atoms with Crippen LogP contribution in [0, 0.1) is 22.7 Å². The molecule has 0 spiro atoms. The number of rotatable bonds is 5. The number of allylic oxidation sites excluding steroid dienone is 3. The average Bonchev–Trinajstić information content (AvgIpc) is 2.37. The van der Waals surface area contributed by atoms with Crippen LogP contribution >= 0.6 is 0 Å². The van der Waals surface area contributed by atoms with Crippen LogP contribution in [0.25, 0.3) is 0 Å². The number of methoxy groups -OCH3 is 1.